The fourth-order valence-corrected chi connectivity index (χ4v) is 3.34. The Hall–Kier alpha value is -3.17. The van der Waals surface area contributed by atoms with E-state index in [1.54, 1.807) is 37.8 Å². The summed E-state index contributed by atoms with van der Waals surface area (Å²) in [7, 11) is 0. The van der Waals surface area contributed by atoms with Gasteiger partial charge in [-0.05, 0) is 31.5 Å². The molecule has 32 heavy (non-hydrogen) atoms. The van der Waals surface area contributed by atoms with Crippen molar-refractivity contribution in [1.82, 2.24) is 14.9 Å². The fraction of sp³-hybridized carbons (Fsp3) is 0.455. The molecule has 0 aliphatic carbocycles. The average molecular weight is 450 g/mol. The standard InChI is InChI=1S/C22H25F3N4O3/c1-12(2)19(30)28-18-17-11-29(21(31)16(17)5-7-26-18)14(4)15-9-13(3)20(27-10-15)32-8-6-22(23,24)25/h5,7,9-10,12,14H,6,8,11H2,1-4H3,(H,26,28,30). The number of carbonyl (C=O) groups is 2. The Balaban J connectivity index is 1.75. The van der Waals surface area contributed by atoms with Gasteiger partial charge in [-0.15, -0.1) is 0 Å². The highest BCUT2D eigenvalue weighted by Gasteiger charge is 2.34. The molecule has 1 atom stereocenters. The summed E-state index contributed by atoms with van der Waals surface area (Å²) in [6, 6.07) is 3.01. The third-order valence-electron chi connectivity index (χ3n) is 5.27. The van der Waals surface area contributed by atoms with E-state index in [4.69, 9.17) is 4.74 Å². The van der Waals surface area contributed by atoms with E-state index < -0.39 is 19.2 Å². The third-order valence-corrected chi connectivity index (χ3v) is 5.27. The number of fused-ring (bicyclic) bond motifs is 1. The van der Waals surface area contributed by atoms with Crippen LogP contribution >= 0.6 is 0 Å². The lowest BCUT2D eigenvalue weighted by Gasteiger charge is -2.25. The first-order valence-corrected chi connectivity index (χ1v) is 10.2. The quantitative estimate of drug-likeness (QED) is 0.675. The number of hydrogen-bond donors (Lipinski definition) is 1. The van der Waals surface area contributed by atoms with Crippen LogP contribution in [0.1, 0.15) is 60.3 Å². The summed E-state index contributed by atoms with van der Waals surface area (Å²) in [6.07, 6.45) is -2.37. The molecule has 0 aromatic carbocycles. The summed E-state index contributed by atoms with van der Waals surface area (Å²) < 4.78 is 42.1. The Bertz CT molecular complexity index is 1020. The van der Waals surface area contributed by atoms with Gasteiger partial charge in [0.25, 0.3) is 5.91 Å². The van der Waals surface area contributed by atoms with Crippen molar-refractivity contribution in [3.05, 3.63) is 46.8 Å². The number of ether oxygens (including phenoxy) is 1. The summed E-state index contributed by atoms with van der Waals surface area (Å²) in [4.78, 5) is 35.1. The molecule has 2 aromatic heterocycles. The monoisotopic (exact) mass is 450 g/mol. The van der Waals surface area contributed by atoms with Crippen LogP contribution in [0.4, 0.5) is 19.0 Å². The molecule has 3 rings (SSSR count). The molecule has 0 fully saturated rings. The molecule has 0 saturated carbocycles. The van der Waals surface area contributed by atoms with Crippen molar-refractivity contribution >= 4 is 17.6 Å². The van der Waals surface area contributed by atoms with Crippen molar-refractivity contribution in [3.8, 4) is 5.88 Å². The van der Waals surface area contributed by atoms with Crippen molar-refractivity contribution in [2.24, 2.45) is 5.92 Å². The number of anilines is 1. The number of nitrogens with zero attached hydrogens (tertiary/aromatic N) is 3. The fourth-order valence-electron chi connectivity index (χ4n) is 3.34. The van der Waals surface area contributed by atoms with E-state index in [9.17, 15) is 22.8 Å². The highest BCUT2D eigenvalue weighted by atomic mass is 19.4. The van der Waals surface area contributed by atoms with E-state index in [2.05, 4.69) is 15.3 Å². The van der Waals surface area contributed by atoms with Crippen molar-refractivity contribution in [2.75, 3.05) is 11.9 Å². The van der Waals surface area contributed by atoms with Gasteiger partial charge >= 0.3 is 6.18 Å². The maximum Gasteiger partial charge on any atom is 0.392 e. The predicted octanol–water partition coefficient (Wildman–Crippen LogP) is 4.43. The number of aromatic nitrogens is 2. The predicted molar refractivity (Wildman–Crippen MR) is 111 cm³/mol. The van der Waals surface area contributed by atoms with Gasteiger partial charge in [0, 0.05) is 35.0 Å². The Morgan fingerprint density at radius 1 is 1.28 bits per heavy atom. The molecule has 1 unspecified atom stereocenters. The van der Waals surface area contributed by atoms with Crippen LogP contribution in [0.15, 0.2) is 24.5 Å². The second-order valence-electron chi connectivity index (χ2n) is 8.04. The van der Waals surface area contributed by atoms with E-state index in [0.717, 1.165) is 0 Å². The number of pyridine rings is 2. The lowest BCUT2D eigenvalue weighted by molar-refractivity contribution is -0.139. The van der Waals surface area contributed by atoms with E-state index >= 15 is 0 Å². The van der Waals surface area contributed by atoms with Crippen molar-refractivity contribution in [2.45, 2.75) is 52.9 Å². The molecule has 2 amide bonds. The molecule has 7 nitrogen and oxygen atoms in total. The summed E-state index contributed by atoms with van der Waals surface area (Å²) in [6.45, 7) is 6.82. The van der Waals surface area contributed by atoms with Crippen molar-refractivity contribution < 1.29 is 27.5 Å². The molecule has 0 bridgehead atoms. The average Bonchev–Trinajstić information content (AvgIpc) is 3.05. The minimum absolute atomic E-state index is 0.129. The molecular formula is C22H25F3N4O3. The highest BCUT2D eigenvalue weighted by molar-refractivity contribution is 6.01. The highest BCUT2D eigenvalue weighted by Crippen LogP contribution is 2.34. The molecule has 172 valence electrons. The van der Waals surface area contributed by atoms with Gasteiger partial charge in [0.05, 0.1) is 25.6 Å². The maximum absolute atomic E-state index is 13.0. The van der Waals surface area contributed by atoms with Crippen LogP contribution in [0.5, 0.6) is 5.88 Å². The molecule has 10 heteroatoms. The topological polar surface area (TPSA) is 84.4 Å². The lowest BCUT2D eigenvalue weighted by atomic mass is 10.1. The smallest absolute Gasteiger partial charge is 0.392 e. The number of nitrogens with one attached hydrogen (secondary N) is 1. The van der Waals surface area contributed by atoms with Crippen LogP contribution in [0, 0.1) is 12.8 Å². The van der Waals surface area contributed by atoms with Gasteiger partial charge in [-0.1, -0.05) is 13.8 Å². The molecule has 1 aliphatic heterocycles. The number of alkyl halides is 3. The van der Waals surface area contributed by atoms with Gasteiger partial charge in [0.2, 0.25) is 11.8 Å². The van der Waals surface area contributed by atoms with Crippen LogP contribution < -0.4 is 10.1 Å². The second-order valence-corrected chi connectivity index (χ2v) is 8.04. The van der Waals surface area contributed by atoms with E-state index in [0.29, 0.717) is 28.1 Å². The summed E-state index contributed by atoms with van der Waals surface area (Å²) in [5, 5.41) is 2.77. The van der Waals surface area contributed by atoms with Crippen LogP contribution in [-0.2, 0) is 11.3 Å². The van der Waals surface area contributed by atoms with E-state index in [-0.39, 0.29) is 36.2 Å². The Labute approximate surface area is 184 Å². The second kappa shape index (κ2) is 9.13. The van der Waals surface area contributed by atoms with Crippen molar-refractivity contribution in [1.29, 1.82) is 0 Å². The van der Waals surface area contributed by atoms with Gasteiger partial charge in [0.15, 0.2) is 0 Å². The van der Waals surface area contributed by atoms with Crippen LogP contribution in [-0.4, -0.2) is 39.5 Å². The van der Waals surface area contributed by atoms with Gasteiger partial charge < -0.3 is 15.0 Å². The van der Waals surface area contributed by atoms with E-state index in [1.165, 1.54) is 12.4 Å². The number of carbonyl (C=O) groups excluding carboxylic acids is 2. The zero-order chi connectivity index (χ0) is 23.6. The lowest BCUT2D eigenvalue weighted by Crippen LogP contribution is -2.27. The third kappa shape index (κ3) is 5.17. The van der Waals surface area contributed by atoms with Gasteiger partial charge in [-0.2, -0.15) is 13.2 Å². The SMILES string of the molecule is Cc1cc(C(C)N2Cc3c(ccnc3NC(=O)C(C)C)C2=O)cnc1OCCC(F)(F)F. The minimum atomic E-state index is -4.30. The molecule has 0 saturated heterocycles. The van der Waals surface area contributed by atoms with Crippen LogP contribution in [0.25, 0.3) is 0 Å². The first kappa shape index (κ1) is 23.5. The number of hydrogen-bond acceptors (Lipinski definition) is 5. The first-order valence-electron chi connectivity index (χ1n) is 10.2. The number of rotatable bonds is 7. The minimum Gasteiger partial charge on any atom is -0.477 e. The van der Waals surface area contributed by atoms with E-state index in [1.807, 2.05) is 6.92 Å². The van der Waals surface area contributed by atoms with Gasteiger partial charge in [-0.3, -0.25) is 9.59 Å². The molecule has 1 aliphatic rings. The van der Waals surface area contributed by atoms with Crippen LogP contribution in [0.2, 0.25) is 0 Å². The normalized spacial score (nSPS) is 14.5. The van der Waals surface area contributed by atoms with Gasteiger partial charge in [0.1, 0.15) is 5.82 Å². The Morgan fingerprint density at radius 2 is 2.00 bits per heavy atom. The zero-order valence-corrected chi connectivity index (χ0v) is 18.3. The number of amides is 2. The summed E-state index contributed by atoms with van der Waals surface area (Å²) >= 11 is 0. The maximum atomic E-state index is 13.0. The van der Waals surface area contributed by atoms with Crippen LogP contribution in [0.3, 0.4) is 0 Å². The largest absolute Gasteiger partial charge is 0.477 e. The Kier molecular flexibility index (Phi) is 6.71. The summed E-state index contributed by atoms with van der Waals surface area (Å²) in [5.41, 5.74) is 2.41. The van der Waals surface area contributed by atoms with Crippen molar-refractivity contribution in [3.63, 3.8) is 0 Å². The number of halogens is 3. The molecule has 0 spiro atoms. The molecule has 2 aromatic rings. The number of aryl methyl sites for hydroxylation is 1. The molecular weight excluding hydrogens is 425 g/mol. The van der Waals surface area contributed by atoms with Gasteiger partial charge in [-0.25, -0.2) is 9.97 Å². The Morgan fingerprint density at radius 3 is 2.62 bits per heavy atom. The first-order chi connectivity index (χ1) is 15.0. The summed E-state index contributed by atoms with van der Waals surface area (Å²) in [5.74, 6) is -0.120. The molecule has 0 radical (unpaired) electrons. The molecule has 1 N–H and O–H groups in total. The zero-order valence-electron chi connectivity index (χ0n) is 18.3. The molecule has 3 heterocycles.